The van der Waals surface area contributed by atoms with Crippen LogP contribution in [0.4, 0.5) is 10.1 Å². The lowest BCUT2D eigenvalue weighted by atomic mass is 10.0. The van der Waals surface area contributed by atoms with E-state index in [9.17, 15) is 14.0 Å². The second-order valence-corrected chi connectivity index (χ2v) is 8.61. The minimum atomic E-state index is -0.317. The molecule has 0 unspecified atom stereocenters. The quantitative estimate of drug-likeness (QED) is 0.490. The molecule has 1 aliphatic rings. The van der Waals surface area contributed by atoms with Gasteiger partial charge < -0.3 is 14.8 Å². The van der Waals surface area contributed by atoms with Crippen molar-refractivity contribution >= 4 is 28.4 Å². The van der Waals surface area contributed by atoms with Crippen molar-refractivity contribution in [1.82, 2.24) is 14.9 Å². The van der Waals surface area contributed by atoms with Crippen LogP contribution < -0.4 is 10.2 Å². The van der Waals surface area contributed by atoms with Crippen LogP contribution >= 0.6 is 0 Å². The average Bonchev–Trinajstić information content (AvgIpc) is 3.18. The predicted molar refractivity (Wildman–Crippen MR) is 129 cm³/mol. The molecule has 172 valence electrons. The molecule has 1 aliphatic heterocycles. The van der Waals surface area contributed by atoms with Gasteiger partial charge in [0.2, 0.25) is 5.91 Å². The Morgan fingerprint density at radius 3 is 2.74 bits per heavy atom. The monoisotopic (exact) mass is 456 g/mol. The highest BCUT2D eigenvalue weighted by atomic mass is 19.1. The van der Waals surface area contributed by atoms with Crippen molar-refractivity contribution in [3.05, 3.63) is 95.2 Å². The van der Waals surface area contributed by atoms with Gasteiger partial charge in [-0.3, -0.25) is 14.6 Å². The lowest BCUT2D eigenvalue weighted by molar-refractivity contribution is -0.118. The molecule has 3 heterocycles. The molecule has 7 heteroatoms. The Bertz CT molecular complexity index is 1380. The Labute approximate surface area is 197 Å². The molecule has 0 saturated carbocycles. The molecular weight excluding hydrogens is 431 g/mol. The first-order chi connectivity index (χ1) is 16.5. The Balaban J connectivity index is 1.35. The maximum absolute atomic E-state index is 13.4. The number of halogens is 1. The van der Waals surface area contributed by atoms with E-state index in [0.717, 1.165) is 40.6 Å². The minimum absolute atomic E-state index is 0.0111. The molecule has 1 N–H and O–H groups in total. The fourth-order valence-corrected chi connectivity index (χ4v) is 4.53. The maximum atomic E-state index is 13.4. The van der Waals surface area contributed by atoms with Gasteiger partial charge in [0.05, 0.1) is 23.4 Å². The number of carbonyl (C=O) groups is 2. The molecule has 34 heavy (non-hydrogen) atoms. The molecule has 5 rings (SSSR count). The second kappa shape index (κ2) is 9.09. The predicted octanol–water partition coefficient (Wildman–Crippen LogP) is 4.16. The summed E-state index contributed by atoms with van der Waals surface area (Å²) in [5.74, 6) is -0.614. The third kappa shape index (κ3) is 4.29. The summed E-state index contributed by atoms with van der Waals surface area (Å²) in [6, 6.07) is 15.8. The number of rotatable bonds is 5. The topological polar surface area (TPSA) is 67.2 Å². The number of nitrogens with one attached hydrogen (secondary N) is 1. The molecule has 0 atom stereocenters. The molecule has 0 saturated heterocycles. The van der Waals surface area contributed by atoms with E-state index in [4.69, 9.17) is 0 Å². The smallest absolute Gasteiger partial charge is 0.253 e. The zero-order valence-corrected chi connectivity index (χ0v) is 18.9. The van der Waals surface area contributed by atoms with E-state index in [1.54, 1.807) is 29.3 Å². The van der Waals surface area contributed by atoms with Crippen molar-refractivity contribution in [1.29, 1.82) is 0 Å². The Hall–Kier alpha value is -4.00. The van der Waals surface area contributed by atoms with Gasteiger partial charge in [-0.25, -0.2) is 4.39 Å². The summed E-state index contributed by atoms with van der Waals surface area (Å²) >= 11 is 0. The van der Waals surface area contributed by atoms with Crippen LogP contribution in [0.5, 0.6) is 0 Å². The summed E-state index contributed by atoms with van der Waals surface area (Å²) in [7, 11) is 1.98. The molecule has 2 aromatic carbocycles. The van der Waals surface area contributed by atoms with Crippen molar-refractivity contribution in [2.45, 2.75) is 25.8 Å². The molecule has 4 aromatic rings. The van der Waals surface area contributed by atoms with Crippen molar-refractivity contribution in [2.75, 3.05) is 11.4 Å². The van der Waals surface area contributed by atoms with Gasteiger partial charge in [0, 0.05) is 43.4 Å². The Morgan fingerprint density at radius 1 is 1.12 bits per heavy atom. The largest absolute Gasteiger partial charge is 0.350 e. The van der Waals surface area contributed by atoms with E-state index in [-0.39, 0.29) is 30.6 Å². The number of aromatic nitrogens is 2. The lowest BCUT2D eigenvalue weighted by Crippen LogP contribution is -2.37. The number of pyridine rings is 1. The average molecular weight is 457 g/mol. The Kier molecular flexibility index (Phi) is 5.84. The van der Waals surface area contributed by atoms with E-state index >= 15 is 0 Å². The molecule has 0 bridgehead atoms. The van der Waals surface area contributed by atoms with Gasteiger partial charge in [-0.1, -0.05) is 30.3 Å². The van der Waals surface area contributed by atoms with Gasteiger partial charge in [-0.15, -0.1) is 0 Å². The summed E-state index contributed by atoms with van der Waals surface area (Å²) in [6.07, 6.45) is 5.44. The summed E-state index contributed by atoms with van der Waals surface area (Å²) < 4.78 is 15.1. The van der Waals surface area contributed by atoms with Gasteiger partial charge in [0.15, 0.2) is 0 Å². The molecule has 2 aromatic heterocycles. The number of amides is 2. The van der Waals surface area contributed by atoms with Crippen molar-refractivity contribution < 1.29 is 14.0 Å². The fourth-order valence-electron chi connectivity index (χ4n) is 4.53. The van der Waals surface area contributed by atoms with Crippen molar-refractivity contribution in [2.24, 2.45) is 7.05 Å². The SMILES string of the molecule is Cn1cc(CC(=O)N2CCCc3ncc(C(=O)NCc4ccc(F)cc4)cc32)c2ccccc21. The van der Waals surface area contributed by atoms with Crippen LogP contribution in [0.15, 0.2) is 67.0 Å². The second-order valence-electron chi connectivity index (χ2n) is 8.61. The summed E-state index contributed by atoms with van der Waals surface area (Å²) in [5, 5.41) is 3.91. The van der Waals surface area contributed by atoms with E-state index in [1.165, 1.54) is 12.1 Å². The first-order valence-electron chi connectivity index (χ1n) is 11.3. The van der Waals surface area contributed by atoms with Crippen LogP contribution in [0.1, 0.15) is 33.6 Å². The normalized spacial score (nSPS) is 13.1. The standard InChI is InChI=1S/C27H25FN4O2/c1-31-17-20(22-5-2-3-7-24(22)31)14-26(33)32-12-4-6-23-25(32)13-19(16-29-23)27(34)30-15-18-8-10-21(28)11-9-18/h2-3,5,7-11,13,16-17H,4,6,12,14-15H2,1H3,(H,30,34). The third-order valence-electron chi connectivity index (χ3n) is 6.28. The molecule has 0 spiro atoms. The maximum Gasteiger partial charge on any atom is 0.253 e. The van der Waals surface area contributed by atoms with E-state index in [2.05, 4.69) is 10.3 Å². The first kappa shape index (κ1) is 21.8. The molecule has 2 amide bonds. The first-order valence-corrected chi connectivity index (χ1v) is 11.3. The van der Waals surface area contributed by atoms with Gasteiger partial charge in [-0.05, 0) is 48.2 Å². The van der Waals surface area contributed by atoms with Gasteiger partial charge >= 0.3 is 0 Å². The number of hydrogen-bond donors (Lipinski definition) is 1. The highest BCUT2D eigenvalue weighted by Crippen LogP contribution is 2.28. The molecular formula is C27H25FN4O2. The van der Waals surface area contributed by atoms with Crippen LogP contribution in [0.25, 0.3) is 10.9 Å². The van der Waals surface area contributed by atoms with Crippen molar-refractivity contribution in [3.63, 3.8) is 0 Å². The zero-order chi connectivity index (χ0) is 23.7. The summed E-state index contributed by atoms with van der Waals surface area (Å²) in [4.78, 5) is 32.4. The van der Waals surface area contributed by atoms with Crippen LogP contribution in [0, 0.1) is 5.82 Å². The van der Waals surface area contributed by atoms with Gasteiger partial charge in [0.1, 0.15) is 5.82 Å². The zero-order valence-electron chi connectivity index (χ0n) is 18.9. The van der Waals surface area contributed by atoms with E-state index < -0.39 is 0 Å². The Morgan fingerprint density at radius 2 is 1.91 bits per heavy atom. The molecule has 0 aliphatic carbocycles. The molecule has 6 nitrogen and oxygen atoms in total. The number of anilines is 1. The molecule has 0 fully saturated rings. The van der Waals surface area contributed by atoms with E-state index in [0.29, 0.717) is 17.8 Å². The highest BCUT2D eigenvalue weighted by molar-refractivity contribution is 6.00. The lowest BCUT2D eigenvalue weighted by Gasteiger charge is -2.29. The minimum Gasteiger partial charge on any atom is -0.350 e. The number of benzene rings is 2. The van der Waals surface area contributed by atoms with E-state index in [1.807, 2.05) is 42.1 Å². The highest BCUT2D eigenvalue weighted by Gasteiger charge is 2.25. The van der Waals surface area contributed by atoms with Crippen LogP contribution in [0.3, 0.4) is 0 Å². The molecule has 0 radical (unpaired) electrons. The number of hydrogen-bond acceptors (Lipinski definition) is 3. The number of para-hydroxylation sites is 1. The third-order valence-corrected chi connectivity index (χ3v) is 6.28. The van der Waals surface area contributed by atoms with Gasteiger partial charge in [0.25, 0.3) is 5.91 Å². The van der Waals surface area contributed by atoms with Crippen LogP contribution in [-0.2, 0) is 31.2 Å². The van der Waals surface area contributed by atoms with Crippen molar-refractivity contribution in [3.8, 4) is 0 Å². The van der Waals surface area contributed by atoms with Crippen LogP contribution in [0.2, 0.25) is 0 Å². The summed E-state index contributed by atoms with van der Waals surface area (Å²) in [6.45, 7) is 0.874. The fraction of sp³-hybridized carbons (Fsp3) is 0.222. The summed E-state index contributed by atoms with van der Waals surface area (Å²) in [5.41, 5.74) is 4.79. The van der Waals surface area contributed by atoms with Gasteiger partial charge in [-0.2, -0.15) is 0 Å². The number of fused-ring (bicyclic) bond motifs is 2. The number of carbonyl (C=O) groups excluding carboxylic acids is 2. The number of nitrogens with zero attached hydrogens (tertiary/aromatic N) is 3. The number of aryl methyl sites for hydroxylation is 2. The van der Waals surface area contributed by atoms with Crippen LogP contribution in [-0.4, -0.2) is 27.9 Å².